The molecule has 0 amide bonds. The van der Waals surface area contributed by atoms with Gasteiger partial charge in [0.25, 0.3) is 0 Å². The van der Waals surface area contributed by atoms with Crippen LogP contribution in [0.5, 0.6) is 0 Å². The van der Waals surface area contributed by atoms with Crippen LogP contribution in [0.4, 0.5) is 0 Å². The summed E-state index contributed by atoms with van der Waals surface area (Å²) in [5.74, 6) is 0. The molecule has 0 saturated heterocycles. The Morgan fingerprint density at radius 2 is 2.00 bits per heavy atom. The summed E-state index contributed by atoms with van der Waals surface area (Å²) in [6.45, 7) is 6.59. The van der Waals surface area contributed by atoms with E-state index in [9.17, 15) is 0 Å². The molecule has 0 aliphatic heterocycles. The van der Waals surface area contributed by atoms with E-state index in [0.717, 1.165) is 10.8 Å². The third-order valence-corrected chi connectivity index (χ3v) is 4.52. The Morgan fingerprint density at radius 1 is 1.26 bits per heavy atom. The summed E-state index contributed by atoms with van der Waals surface area (Å²) in [6.07, 6.45) is 1.05. The Hall–Kier alpha value is -0.830. The third-order valence-electron chi connectivity index (χ3n) is 3.41. The van der Waals surface area contributed by atoms with Crippen molar-refractivity contribution < 1.29 is 0 Å². The lowest BCUT2D eigenvalue weighted by Gasteiger charge is -2.20. The highest BCUT2D eigenvalue weighted by molar-refractivity contribution is 7.14. The van der Waals surface area contributed by atoms with Gasteiger partial charge in [-0.2, -0.15) is 0 Å². The minimum atomic E-state index is 0.336. The van der Waals surface area contributed by atoms with Crippen LogP contribution < -0.4 is 5.32 Å². The van der Waals surface area contributed by atoms with Crippen LogP contribution in [-0.2, 0) is 6.42 Å². The van der Waals surface area contributed by atoms with Gasteiger partial charge in [0, 0.05) is 12.1 Å². The average Bonchev–Trinajstić information content (AvgIpc) is 2.79. The minimum absolute atomic E-state index is 0.336. The van der Waals surface area contributed by atoms with Gasteiger partial charge in [0.15, 0.2) is 0 Å². The smallest absolute Gasteiger partial charge is 0.0931 e. The van der Waals surface area contributed by atoms with Gasteiger partial charge in [0.05, 0.1) is 4.34 Å². The van der Waals surface area contributed by atoms with E-state index < -0.39 is 0 Å². The van der Waals surface area contributed by atoms with E-state index in [-0.39, 0.29) is 0 Å². The average molecular weight is 294 g/mol. The second-order valence-electron chi connectivity index (χ2n) is 5.10. The maximum atomic E-state index is 5.98. The minimum Gasteiger partial charge on any atom is -0.307 e. The van der Waals surface area contributed by atoms with Crippen LogP contribution in [0.2, 0.25) is 4.34 Å². The van der Waals surface area contributed by atoms with Gasteiger partial charge >= 0.3 is 0 Å². The van der Waals surface area contributed by atoms with Gasteiger partial charge in [0.1, 0.15) is 0 Å². The first kappa shape index (κ1) is 14.6. The SMILES string of the molecule is Cc1ccccc1CC(C)NC(C)c1csc(Cl)c1. The number of thiophene rings is 1. The monoisotopic (exact) mass is 293 g/mol. The molecule has 0 bridgehead atoms. The highest BCUT2D eigenvalue weighted by Gasteiger charge is 2.12. The molecule has 0 saturated carbocycles. The molecule has 102 valence electrons. The van der Waals surface area contributed by atoms with Gasteiger partial charge < -0.3 is 5.32 Å². The fourth-order valence-electron chi connectivity index (χ4n) is 2.30. The molecule has 0 aliphatic rings. The number of aryl methyl sites for hydroxylation is 1. The fourth-order valence-corrected chi connectivity index (χ4v) is 3.29. The summed E-state index contributed by atoms with van der Waals surface area (Å²) in [5.41, 5.74) is 4.05. The molecule has 2 unspecified atom stereocenters. The summed E-state index contributed by atoms with van der Waals surface area (Å²) in [5, 5.41) is 5.76. The maximum Gasteiger partial charge on any atom is 0.0931 e. The zero-order chi connectivity index (χ0) is 13.8. The Labute approximate surface area is 124 Å². The van der Waals surface area contributed by atoms with Crippen molar-refractivity contribution in [3.8, 4) is 0 Å². The van der Waals surface area contributed by atoms with E-state index in [1.807, 2.05) is 6.07 Å². The van der Waals surface area contributed by atoms with Crippen LogP contribution in [0.1, 0.15) is 36.6 Å². The largest absolute Gasteiger partial charge is 0.307 e. The quantitative estimate of drug-likeness (QED) is 0.819. The molecule has 1 aromatic carbocycles. The topological polar surface area (TPSA) is 12.0 Å². The Kier molecular flexibility index (Phi) is 5.03. The highest BCUT2D eigenvalue weighted by Crippen LogP contribution is 2.25. The molecule has 1 nitrogen and oxygen atoms in total. The molecule has 0 fully saturated rings. The van der Waals surface area contributed by atoms with E-state index >= 15 is 0 Å². The van der Waals surface area contributed by atoms with Gasteiger partial charge in [-0.25, -0.2) is 0 Å². The molecule has 3 heteroatoms. The summed E-state index contributed by atoms with van der Waals surface area (Å²) in [6, 6.07) is 11.4. The molecule has 19 heavy (non-hydrogen) atoms. The van der Waals surface area contributed by atoms with E-state index in [1.165, 1.54) is 16.7 Å². The molecule has 1 heterocycles. The number of hydrogen-bond donors (Lipinski definition) is 1. The zero-order valence-corrected chi connectivity index (χ0v) is 13.2. The summed E-state index contributed by atoms with van der Waals surface area (Å²) >= 11 is 7.57. The van der Waals surface area contributed by atoms with Gasteiger partial charge in [-0.1, -0.05) is 35.9 Å². The normalized spacial score (nSPS) is 14.3. The van der Waals surface area contributed by atoms with Crippen molar-refractivity contribution in [2.45, 2.75) is 39.3 Å². The Balaban J connectivity index is 1.94. The van der Waals surface area contributed by atoms with Crippen molar-refractivity contribution in [1.29, 1.82) is 0 Å². The first-order valence-electron chi connectivity index (χ1n) is 6.60. The van der Waals surface area contributed by atoms with Gasteiger partial charge in [0.2, 0.25) is 0 Å². The Bertz CT molecular complexity index is 535. The predicted octanol–water partition coefficient (Wildman–Crippen LogP) is 4.99. The van der Waals surface area contributed by atoms with Crippen LogP contribution in [-0.4, -0.2) is 6.04 Å². The second kappa shape index (κ2) is 6.56. The van der Waals surface area contributed by atoms with Crippen molar-refractivity contribution in [2.75, 3.05) is 0 Å². The molecule has 1 aromatic heterocycles. The number of rotatable bonds is 5. The van der Waals surface area contributed by atoms with Crippen LogP contribution in [0, 0.1) is 6.92 Å². The first-order valence-corrected chi connectivity index (χ1v) is 7.86. The molecule has 0 spiro atoms. The molecule has 2 atom stereocenters. The fraction of sp³-hybridized carbons (Fsp3) is 0.375. The lowest BCUT2D eigenvalue weighted by Crippen LogP contribution is -2.30. The molecular formula is C16H20ClNS. The van der Waals surface area contributed by atoms with Gasteiger partial charge in [-0.15, -0.1) is 11.3 Å². The van der Waals surface area contributed by atoms with Crippen molar-refractivity contribution in [1.82, 2.24) is 5.32 Å². The van der Waals surface area contributed by atoms with Crippen LogP contribution in [0.25, 0.3) is 0 Å². The van der Waals surface area contributed by atoms with E-state index in [0.29, 0.717) is 12.1 Å². The first-order chi connectivity index (χ1) is 9.06. The van der Waals surface area contributed by atoms with E-state index in [1.54, 1.807) is 11.3 Å². The number of benzene rings is 1. The third kappa shape index (κ3) is 4.07. The standard InChI is InChI=1S/C16H20ClNS/c1-11-6-4-5-7-14(11)8-12(2)18-13(3)15-9-16(17)19-10-15/h4-7,9-10,12-13,18H,8H2,1-3H3. The predicted molar refractivity (Wildman–Crippen MR) is 85.2 cm³/mol. The molecule has 0 aliphatic carbocycles. The van der Waals surface area contributed by atoms with Crippen molar-refractivity contribution in [3.63, 3.8) is 0 Å². The van der Waals surface area contributed by atoms with Gasteiger partial charge in [-0.05, 0) is 55.3 Å². The Morgan fingerprint density at radius 3 is 2.63 bits per heavy atom. The highest BCUT2D eigenvalue weighted by atomic mass is 35.5. The number of hydrogen-bond acceptors (Lipinski definition) is 2. The van der Waals surface area contributed by atoms with E-state index in [2.05, 4.69) is 55.7 Å². The molecule has 1 N–H and O–H groups in total. The number of nitrogens with one attached hydrogen (secondary N) is 1. The van der Waals surface area contributed by atoms with Crippen molar-refractivity contribution in [3.05, 3.63) is 56.7 Å². The lowest BCUT2D eigenvalue weighted by atomic mass is 10.0. The van der Waals surface area contributed by atoms with E-state index in [4.69, 9.17) is 11.6 Å². The van der Waals surface area contributed by atoms with Gasteiger partial charge in [-0.3, -0.25) is 0 Å². The summed E-state index contributed by atoms with van der Waals surface area (Å²) in [7, 11) is 0. The zero-order valence-electron chi connectivity index (χ0n) is 11.6. The molecule has 2 aromatic rings. The summed E-state index contributed by atoms with van der Waals surface area (Å²) < 4.78 is 0.857. The number of halogens is 1. The molecule has 0 radical (unpaired) electrons. The maximum absolute atomic E-state index is 5.98. The van der Waals surface area contributed by atoms with Crippen LogP contribution in [0.15, 0.2) is 35.7 Å². The van der Waals surface area contributed by atoms with Crippen LogP contribution in [0.3, 0.4) is 0 Å². The lowest BCUT2D eigenvalue weighted by molar-refractivity contribution is 0.477. The van der Waals surface area contributed by atoms with Crippen LogP contribution >= 0.6 is 22.9 Å². The summed E-state index contributed by atoms with van der Waals surface area (Å²) in [4.78, 5) is 0. The molecule has 2 rings (SSSR count). The van der Waals surface area contributed by atoms with Crippen molar-refractivity contribution >= 4 is 22.9 Å². The van der Waals surface area contributed by atoms with Crippen molar-refractivity contribution in [2.24, 2.45) is 0 Å². The second-order valence-corrected chi connectivity index (χ2v) is 6.65. The molecular weight excluding hydrogens is 274 g/mol.